The molecule has 2 amide bonds. The van der Waals surface area contributed by atoms with Crippen LogP contribution in [0.3, 0.4) is 0 Å². The van der Waals surface area contributed by atoms with Crippen molar-refractivity contribution in [2.75, 3.05) is 0 Å². The maximum Gasteiger partial charge on any atom is 0.285 e. The van der Waals surface area contributed by atoms with Gasteiger partial charge in [0.2, 0.25) is 0 Å². The van der Waals surface area contributed by atoms with E-state index < -0.39 is 11.8 Å². The average Bonchev–Trinajstić information content (AvgIpc) is 2.73. The maximum absolute atomic E-state index is 12.0. The zero-order chi connectivity index (χ0) is 16.7. The van der Waals surface area contributed by atoms with Gasteiger partial charge in [0.25, 0.3) is 11.8 Å². The third-order valence-corrected chi connectivity index (χ3v) is 2.97. The first kappa shape index (κ1) is 17.8. The number of amides is 2. The normalized spacial score (nSPS) is 14.7. The minimum Gasteiger partial charge on any atom is -0.267 e. The molecule has 5 nitrogen and oxygen atoms in total. The van der Waals surface area contributed by atoms with Crippen LogP contribution in [-0.2, 0) is 21.0 Å². The minimum absolute atomic E-state index is 0.0775. The Balaban J connectivity index is 0.00000116. The summed E-state index contributed by atoms with van der Waals surface area (Å²) in [6.07, 6.45) is 5.04. The summed E-state index contributed by atoms with van der Waals surface area (Å²) in [4.78, 5) is 33.4. The first-order valence-corrected chi connectivity index (χ1v) is 7.31. The van der Waals surface area contributed by atoms with E-state index in [1.807, 2.05) is 26.8 Å². The van der Waals surface area contributed by atoms with E-state index in [0.29, 0.717) is 16.8 Å². The number of hydrogen-bond donors (Lipinski definition) is 0. The van der Waals surface area contributed by atoms with Gasteiger partial charge in [-0.3, -0.25) is 19.4 Å². The van der Waals surface area contributed by atoms with Crippen LogP contribution in [0.2, 0.25) is 0 Å². The zero-order valence-corrected chi connectivity index (χ0v) is 13.7. The van der Waals surface area contributed by atoms with Gasteiger partial charge in [-0.1, -0.05) is 32.1 Å². The van der Waals surface area contributed by atoms with Gasteiger partial charge in [0.15, 0.2) is 0 Å². The first-order valence-electron chi connectivity index (χ1n) is 7.31. The van der Waals surface area contributed by atoms with Gasteiger partial charge < -0.3 is 0 Å². The Morgan fingerprint density at radius 1 is 1.18 bits per heavy atom. The lowest BCUT2D eigenvalue weighted by Crippen LogP contribution is -2.31. The van der Waals surface area contributed by atoms with Crippen molar-refractivity contribution in [3.63, 3.8) is 0 Å². The topological polar surface area (TPSA) is 59.5 Å². The fraction of sp³-hybridized carbons (Fsp3) is 0.353. The number of carbonyl (C=O) groups excluding carboxylic acids is 2. The summed E-state index contributed by atoms with van der Waals surface area (Å²) in [7, 11) is 0. The van der Waals surface area contributed by atoms with E-state index in [9.17, 15) is 9.59 Å². The molecule has 0 bridgehead atoms. The second-order valence-electron chi connectivity index (χ2n) is 4.54. The molecule has 2 rings (SSSR count). The van der Waals surface area contributed by atoms with E-state index in [4.69, 9.17) is 4.84 Å². The highest BCUT2D eigenvalue weighted by Gasteiger charge is 2.35. The van der Waals surface area contributed by atoms with Crippen LogP contribution in [0.5, 0.6) is 0 Å². The highest BCUT2D eigenvalue weighted by Crippen LogP contribution is 2.22. The lowest BCUT2D eigenvalue weighted by Gasteiger charge is -2.13. The largest absolute Gasteiger partial charge is 0.285 e. The van der Waals surface area contributed by atoms with Crippen LogP contribution in [0.25, 0.3) is 0 Å². The van der Waals surface area contributed by atoms with Gasteiger partial charge in [-0.05, 0) is 32.4 Å². The number of hydrogen-bond acceptors (Lipinski definition) is 4. The number of rotatable bonds is 4. The molecule has 0 atom stereocenters. The van der Waals surface area contributed by atoms with E-state index in [-0.39, 0.29) is 6.61 Å². The average molecular weight is 302 g/mol. The Labute approximate surface area is 131 Å². The number of allylic oxidation sites excluding steroid dienone is 1. The van der Waals surface area contributed by atoms with Crippen molar-refractivity contribution in [3.05, 3.63) is 52.9 Å². The molecule has 0 N–H and O–H groups in total. The Morgan fingerprint density at radius 2 is 1.86 bits per heavy atom. The van der Waals surface area contributed by atoms with Crippen molar-refractivity contribution in [1.82, 2.24) is 10.0 Å². The molecule has 118 valence electrons. The monoisotopic (exact) mass is 302 g/mol. The molecule has 0 aromatic carbocycles. The van der Waals surface area contributed by atoms with Gasteiger partial charge in [0.05, 0.1) is 11.3 Å². The molecule has 0 radical (unpaired) electrons. The number of aryl methyl sites for hydroxylation is 1. The molecule has 0 unspecified atom stereocenters. The van der Waals surface area contributed by atoms with Crippen molar-refractivity contribution in [2.45, 2.75) is 41.2 Å². The SMILES string of the molecule is C/C=C\C1=C(C)C(=O)N(OCc2ccc(C)cn2)C1=O.CC. The molecule has 0 fully saturated rings. The molecule has 1 aliphatic heterocycles. The summed E-state index contributed by atoms with van der Waals surface area (Å²) < 4.78 is 0. The summed E-state index contributed by atoms with van der Waals surface area (Å²) in [5, 5.41) is 0.798. The van der Waals surface area contributed by atoms with E-state index in [0.717, 1.165) is 10.6 Å². The molecule has 0 spiro atoms. The minimum atomic E-state index is -0.433. The third-order valence-electron chi connectivity index (χ3n) is 2.97. The lowest BCUT2D eigenvalue weighted by molar-refractivity contribution is -0.190. The van der Waals surface area contributed by atoms with Gasteiger partial charge in [-0.2, -0.15) is 0 Å². The van der Waals surface area contributed by atoms with Crippen LogP contribution in [0.15, 0.2) is 41.6 Å². The van der Waals surface area contributed by atoms with E-state index in [1.54, 1.807) is 38.3 Å². The molecule has 1 aliphatic rings. The lowest BCUT2D eigenvalue weighted by atomic mass is 10.1. The summed E-state index contributed by atoms with van der Waals surface area (Å²) in [6, 6.07) is 3.70. The van der Waals surface area contributed by atoms with Gasteiger partial charge in [0.1, 0.15) is 6.61 Å². The smallest absolute Gasteiger partial charge is 0.267 e. The van der Waals surface area contributed by atoms with Crippen LogP contribution < -0.4 is 0 Å². The number of imide groups is 1. The van der Waals surface area contributed by atoms with Gasteiger partial charge in [-0.15, -0.1) is 5.06 Å². The predicted octanol–water partition coefficient (Wildman–Crippen LogP) is 3.11. The van der Waals surface area contributed by atoms with Crippen molar-refractivity contribution in [2.24, 2.45) is 0 Å². The molecule has 1 aromatic heterocycles. The second-order valence-corrected chi connectivity index (χ2v) is 4.54. The molecule has 22 heavy (non-hydrogen) atoms. The van der Waals surface area contributed by atoms with E-state index in [1.165, 1.54) is 0 Å². The molecule has 0 aliphatic carbocycles. The summed E-state index contributed by atoms with van der Waals surface area (Å²) in [5.41, 5.74) is 2.46. The molecule has 5 heteroatoms. The van der Waals surface area contributed by atoms with Crippen LogP contribution in [0, 0.1) is 6.92 Å². The second kappa shape index (κ2) is 8.24. The van der Waals surface area contributed by atoms with Gasteiger partial charge >= 0.3 is 0 Å². The van der Waals surface area contributed by atoms with Gasteiger partial charge in [-0.25, -0.2) is 0 Å². The Kier molecular flexibility index (Phi) is 6.66. The highest BCUT2D eigenvalue weighted by molar-refractivity contribution is 6.19. The summed E-state index contributed by atoms with van der Waals surface area (Å²) in [5.74, 6) is -0.854. The van der Waals surface area contributed by atoms with Crippen LogP contribution in [0.4, 0.5) is 0 Å². The Bertz CT molecular complexity index is 601. The summed E-state index contributed by atoms with van der Waals surface area (Å²) >= 11 is 0. The standard InChI is InChI=1S/C15H16N2O3.C2H6/c1-4-5-13-11(3)14(18)17(15(13)19)20-9-12-7-6-10(2)8-16-12;1-2/h4-8H,9H2,1-3H3;1-2H3/b5-4-;. The number of carbonyl (C=O) groups is 2. The number of pyridine rings is 1. The Morgan fingerprint density at radius 3 is 2.41 bits per heavy atom. The van der Waals surface area contributed by atoms with Crippen molar-refractivity contribution in [3.8, 4) is 0 Å². The zero-order valence-electron chi connectivity index (χ0n) is 13.7. The first-order chi connectivity index (χ1) is 10.5. The van der Waals surface area contributed by atoms with Gasteiger partial charge in [0, 0.05) is 11.8 Å². The maximum atomic E-state index is 12.0. The quantitative estimate of drug-likeness (QED) is 0.802. The number of hydroxylamine groups is 2. The molecule has 0 saturated carbocycles. The van der Waals surface area contributed by atoms with Crippen LogP contribution in [-0.4, -0.2) is 21.9 Å². The number of aromatic nitrogens is 1. The predicted molar refractivity (Wildman–Crippen MR) is 84.5 cm³/mol. The number of nitrogens with zero attached hydrogens (tertiary/aromatic N) is 2. The molecule has 0 saturated heterocycles. The van der Waals surface area contributed by atoms with Crippen molar-refractivity contribution >= 4 is 11.8 Å². The van der Waals surface area contributed by atoms with Crippen molar-refractivity contribution < 1.29 is 14.4 Å². The van der Waals surface area contributed by atoms with Crippen molar-refractivity contribution in [1.29, 1.82) is 0 Å². The highest BCUT2D eigenvalue weighted by atomic mass is 16.7. The molecular formula is C17H22N2O3. The molecular weight excluding hydrogens is 280 g/mol. The van der Waals surface area contributed by atoms with E-state index >= 15 is 0 Å². The molecule has 2 heterocycles. The van der Waals surface area contributed by atoms with E-state index in [2.05, 4.69) is 4.98 Å². The summed E-state index contributed by atoms with van der Waals surface area (Å²) in [6.45, 7) is 9.41. The van der Waals surface area contributed by atoms with Crippen LogP contribution >= 0.6 is 0 Å². The van der Waals surface area contributed by atoms with Crippen LogP contribution in [0.1, 0.15) is 39.0 Å². The molecule has 1 aromatic rings. The Hall–Kier alpha value is -2.27. The fourth-order valence-corrected chi connectivity index (χ4v) is 1.82. The third kappa shape index (κ3) is 3.89. The fourth-order valence-electron chi connectivity index (χ4n) is 1.82.